The van der Waals surface area contributed by atoms with Crippen molar-refractivity contribution in [3.8, 4) is 16.5 Å². The van der Waals surface area contributed by atoms with Crippen molar-refractivity contribution in [3.05, 3.63) is 41.3 Å². The number of aromatic nitrogens is 4. The van der Waals surface area contributed by atoms with Crippen molar-refractivity contribution >= 4 is 28.8 Å². The van der Waals surface area contributed by atoms with E-state index in [2.05, 4.69) is 31.0 Å². The number of hydrogen-bond donors (Lipinski definition) is 3. The van der Waals surface area contributed by atoms with Crippen molar-refractivity contribution in [1.82, 2.24) is 30.4 Å². The Kier molecular flexibility index (Phi) is 7.31. The molecule has 5 rings (SSSR count). The molecular formula is C23H27N7O4S. The van der Waals surface area contributed by atoms with Gasteiger partial charge >= 0.3 is 0 Å². The first-order valence-corrected chi connectivity index (χ1v) is 12.5. The largest absolute Gasteiger partial charge is 0.475 e. The van der Waals surface area contributed by atoms with Gasteiger partial charge in [0.2, 0.25) is 5.88 Å². The average molecular weight is 498 g/mol. The van der Waals surface area contributed by atoms with Crippen LogP contribution in [0.3, 0.4) is 0 Å². The lowest BCUT2D eigenvalue weighted by Gasteiger charge is -2.22. The van der Waals surface area contributed by atoms with Crippen molar-refractivity contribution in [2.24, 2.45) is 5.92 Å². The van der Waals surface area contributed by atoms with Crippen LogP contribution in [0.25, 0.3) is 10.6 Å². The molecule has 3 aromatic heterocycles. The Morgan fingerprint density at radius 3 is 2.89 bits per heavy atom. The molecule has 12 heteroatoms. The molecule has 1 saturated heterocycles. The van der Waals surface area contributed by atoms with E-state index in [1.165, 1.54) is 11.3 Å². The van der Waals surface area contributed by atoms with Crippen LogP contribution in [-0.2, 0) is 11.3 Å². The first-order chi connectivity index (χ1) is 17.2. The van der Waals surface area contributed by atoms with Crippen LogP contribution < -0.4 is 20.7 Å². The molecule has 0 aliphatic carbocycles. The average Bonchev–Trinajstić information content (AvgIpc) is 3.51. The minimum absolute atomic E-state index is 0.172. The molecule has 5 heterocycles. The number of carbonyl (C=O) groups excluding carboxylic acids is 2. The normalized spacial score (nSPS) is 17.9. The predicted octanol–water partition coefficient (Wildman–Crippen LogP) is 1.79. The lowest BCUT2D eigenvalue weighted by Crippen LogP contribution is -2.30. The van der Waals surface area contributed by atoms with Crippen LogP contribution in [0.5, 0.6) is 5.88 Å². The molecule has 3 aromatic rings. The van der Waals surface area contributed by atoms with Crippen LogP contribution in [0.2, 0.25) is 0 Å². The first kappa shape index (κ1) is 23.4. The zero-order chi connectivity index (χ0) is 24.0. The molecular weight excluding hydrogens is 470 g/mol. The molecule has 2 aliphatic rings. The number of piperidine rings is 1. The summed E-state index contributed by atoms with van der Waals surface area (Å²) in [5.74, 6) is 0.140. The highest BCUT2D eigenvalue weighted by atomic mass is 32.1. The number of pyridine rings is 1. The summed E-state index contributed by atoms with van der Waals surface area (Å²) < 4.78 is 13.0. The van der Waals surface area contributed by atoms with Gasteiger partial charge in [0.05, 0.1) is 18.9 Å². The Morgan fingerprint density at radius 1 is 1.11 bits per heavy atom. The van der Waals surface area contributed by atoms with Crippen LogP contribution in [0.4, 0.5) is 5.69 Å². The molecule has 2 amide bonds. The molecule has 0 aromatic carbocycles. The zero-order valence-corrected chi connectivity index (χ0v) is 20.0. The van der Waals surface area contributed by atoms with Gasteiger partial charge in [0, 0.05) is 42.5 Å². The molecule has 0 radical (unpaired) electrons. The van der Waals surface area contributed by atoms with Gasteiger partial charge in [-0.25, -0.2) is 9.97 Å². The van der Waals surface area contributed by atoms with Crippen LogP contribution in [-0.4, -0.2) is 71.0 Å². The third kappa shape index (κ3) is 5.84. The fourth-order valence-corrected chi connectivity index (χ4v) is 4.85. The van der Waals surface area contributed by atoms with Crippen molar-refractivity contribution in [2.75, 3.05) is 44.8 Å². The van der Waals surface area contributed by atoms with Gasteiger partial charge in [-0.2, -0.15) is 5.10 Å². The molecule has 35 heavy (non-hydrogen) atoms. The van der Waals surface area contributed by atoms with Crippen LogP contribution >= 0.6 is 11.3 Å². The van der Waals surface area contributed by atoms with E-state index in [0.717, 1.165) is 31.5 Å². The number of anilines is 1. The maximum Gasteiger partial charge on any atom is 0.275 e. The molecule has 0 unspecified atom stereocenters. The zero-order valence-electron chi connectivity index (χ0n) is 19.2. The lowest BCUT2D eigenvalue weighted by molar-refractivity contribution is 0.0858. The summed E-state index contributed by atoms with van der Waals surface area (Å²) in [6.07, 6.45) is 5.46. The van der Waals surface area contributed by atoms with Crippen molar-refractivity contribution in [1.29, 1.82) is 0 Å². The Hall–Kier alpha value is -3.35. The van der Waals surface area contributed by atoms with E-state index in [-0.39, 0.29) is 17.3 Å². The van der Waals surface area contributed by atoms with Gasteiger partial charge in [0.1, 0.15) is 17.3 Å². The SMILES string of the molecule is O=C1Nc2cn(CC3CCNCC3)nc2C(=O)NCCOCCOc2cc(ccn2)-c2nc1cs2. The van der Waals surface area contributed by atoms with E-state index in [1.54, 1.807) is 28.5 Å². The maximum atomic E-state index is 13.0. The third-order valence-corrected chi connectivity index (χ3v) is 6.75. The number of fused-ring (bicyclic) bond motifs is 6. The van der Waals surface area contributed by atoms with Crippen molar-refractivity contribution in [2.45, 2.75) is 19.4 Å². The molecule has 3 N–H and O–H groups in total. The number of nitrogens with one attached hydrogen (secondary N) is 3. The number of carbonyl (C=O) groups is 2. The molecule has 2 aliphatic heterocycles. The van der Waals surface area contributed by atoms with Gasteiger partial charge in [0.25, 0.3) is 11.8 Å². The smallest absolute Gasteiger partial charge is 0.275 e. The fourth-order valence-electron chi connectivity index (χ4n) is 4.05. The van der Waals surface area contributed by atoms with Crippen LogP contribution in [0.1, 0.15) is 33.8 Å². The molecule has 0 atom stereocenters. The molecule has 4 bridgehead atoms. The molecule has 0 spiro atoms. The summed E-state index contributed by atoms with van der Waals surface area (Å²) in [7, 11) is 0. The standard InChI is InChI=1S/C23H27N7O4S/c31-21-18-14-35-23(28-18)16-3-6-25-19(11-16)34-10-9-33-8-7-26-22(32)20-17(27-21)13-30(29-20)12-15-1-4-24-5-2-15/h3,6,11,13-15,24H,1-2,4-5,7-10,12H2,(H,26,32)(H,27,31). The summed E-state index contributed by atoms with van der Waals surface area (Å²) in [5.41, 5.74) is 1.59. The third-order valence-electron chi connectivity index (χ3n) is 5.86. The van der Waals surface area contributed by atoms with Crippen LogP contribution in [0, 0.1) is 5.92 Å². The number of hydrogen-bond acceptors (Lipinski definition) is 9. The Balaban J connectivity index is 1.41. The monoisotopic (exact) mass is 497 g/mol. The molecule has 11 nitrogen and oxygen atoms in total. The summed E-state index contributed by atoms with van der Waals surface area (Å²) in [4.78, 5) is 34.6. The second kappa shape index (κ2) is 10.9. The summed E-state index contributed by atoms with van der Waals surface area (Å²) in [6, 6.07) is 3.60. The number of amides is 2. The van der Waals surface area contributed by atoms with Crippen molar-refractivity contribution < 1.29 is 19.1 Å². The Labute approximate surface area is 206 Å². The number of thiazole rings is 1. The van der Waals surface area contributed by atoms with Crippen molar-refractivity contribution in [3.63, 3.8) is 0 Å². The minimum atomic E-state index is -0.405. The second-order valence-corrected chi connectivity index (χ2v) is 9.26. The highest BCUT2D eigenvalue weighted by Gasteiger charge is 2.22. The quantitative estimate of drug-likeness (QED) is 0.488. The van der Waals surface area contributed by atoms with Gasteiger partial charge in [-0.15, -0.1) is 11.3 Å². The van der Waals surface area contributed by atoms with Gasteiger partial charge in [0.15, 0.2) is 5.69 Å². The summed E-state index contributed by atoms with van der Waals surface area (Å²) in [6.45, 7) is 3.93. The van der Waals surface area contributed by atoms with Gasteiger partial charge in [-0.05, 0) is 37.9 Å². The van der Waals surface area contributed by atoms with Crippen LogP contribution in [0.15, 0.2) is 29.9 Å². The lowest BCUT2D eigenvalue weighted by atomic mass is 9.98. The minimum Gasteiger partial charge on any atom is -0.475 e. The van der Waals surface area contributed by atoms with E-state index in [0.29, 0.717) is 55.4 Å². The van der Waals surface area contributed by atoms with E-state index in [9.17, 15) is 9.59 Å². The Morgan fingerprint density at radius 2 is 2.00 bits per heavy atom. The number of rotatable bonds is 2. The van der Waals surface area contributed by atoms with Gasteiger partial charge < -0.3 is 25.4 Å². The second-order valence-electron chi connectivity index (χ2n) is 8.40. The van der Waals surface area contributed by atoms with E-state index >= 15 is 0 Å². The summed E-state index contributed by atoms with van der Waals surface area (Å²) >= 11 is 1.35. The number of ether oxygens (including phenoxy) is 2. The highest BCUT2D eigenvalue weighted by Crippen LogP contribution is 2.27. The van der Waals surface area contributed by atoms with Gasteiger partial charge in [-0.3, -0.25) is 14.3 Å². The molecule has 0 saturated carbocycles. The first-order valence-electron chi connectivity index (χ1n) is 11.7. The Bertz CT molecular complexity index is 1190. The van der Waals surface area contributed by atoms with E-state index in [4.69, 9.17) is 9.47 Å². The highest BCUT2D eigenvalue weighted by molar-refractivity contribution is 7.13. The summed E-state index contributed by atoms with van der Waals surface area (Å²) in [5, 5.41) is 15.9. The predicted molar refractivity (Wildman–Crippen MR) is 130 cm³/mol. The fraction of sp³-hybridized carbons (Fsp3) is 0.435. The molecule has 1 fully saturated rings. The topological polar surface area (TPSA) is 132 Å². The van der Waals surface area contributed by atoms with E-state index in [1.807, 2.05) is 6.07 Å². The van der Waals surface area contributed by atoms with E-state index < -0.39 is 5.91 Å². The van der Waals surface area contributed by atoms with Gasteiger partial charge in [-0.1, -0.05) is 0 Å². The maximum absolute atomic E-state index is 13.0. The number of nitrogens with zero attached hydrogens (tertiary/aromatic N) is 4. The molecule has 184 valence electrons.